The van der Waals surface area contributed by atoms with Crippen molar-refractivity contribution in [2.75, 3.05) is 6.61 Å². The molecule has 2 aromatic rings. The molecule has 2 amide bonds. The standard InChI is InChI=1S/C17H11NO5/c19-15-11-6-1-2-7-12(11)16(20)18(15)23-17(21)13-9-22-14-8-4-3-5-10(13)14/h1-8,13H,9H2. The number of carbonyl (C=O) groups is 3. The number of para-hydroxylation sites is 1. The first kappa shape index (κ1) is 13.5. The molecule has 0 N–H and O–H groups in total. The Morgan fingerprint density at radius 3 is 2.30 bits per heavy atom. The third-order valence-electron chi connectivity index (χ3n) is 3.92. The smallest absolute Gasteiger partial charge is 0.344 e. The fourth-order valence-corrected chi connectivity index (χ4v) is 2.76. The minimum Gasteiger partial charge on any atom is -0.492 e. The Labute approximate surface area is 131 Å². The van der Waals surface area contributed by atoms with Gasteiger partial charge in [-0.3, -0.25) is 9.59 Å². The topological polar surface area (TPSA) is 72.9 Å². The number of benzene rings is 2. The van der Waals surface area contributed by atoms with Gasteiger partial charge < -0.3 is 9.57 Å². The highest BCUT2D eigenvalue weighted by molar-refractivity contribution is 6.20. The molecule has 4 rings (SSSR count). The number of carbonyl (C=O) groups excluding carboxylic acids is 3. The molecule has 2 aliphatic rings. The molecule has 2 heterocycles. The van der Waals surface area contributed by atoms with Crippen LogP contribution in [0.2, 0.25) is 0 Å². The Morgan fingerprint density at radius 2 is 1.61 bits per heavy atom. The van der Waals surface area contributed by atoms with Crippen molar-refractivity contribution in [1.82, 2.24) is 5.06 Å². The van der Waals surface area contributed by atoms with Crippen LogP contribution in [-0.2, 0) is 9.63 Å². The van der Waals surface area contributed by atoms with Crippen molar-refractivity contribution in [3.05, 3.63) is 65.2 Å². The average molecular weight is 309 g/mol. The quantitative estimate of drug-likeness (QED) is 0.792. The normalized spacial score (nSPS) is 18.4. The molecule has 0 aromatic heterocycles. The molecular weight excluding hydrogens is 298 g/mol. The molecular formula is C17H11NO5. The molecule has 0 saturated carbocycles. The van der Waals surface area contributed by atoms with Crippen LogP contribution >= 0.6 is 0 Å². The first-order valence-corrected chi connectivity index (χ1v) is 7.08. The number of hydroxylamine groups is 2. The van der Waals surface area contributed by atoms with Gasteiger partial charge in [0.15, 0.2) is 0 Å². The van der Waals surface area contributed by atoms with E-state index in [1.54, 1.807) is 36.4 Å². The molecule has 0 bridgehead atoms. The third kappa shape index (κ3) is 1.99. The lowest BCUT2D eigenvalue weighted by molar-refractivity contribution is -0.170. The Morgan fingerprint density at radius 1 is 1.00 bits per heavy atom. The van der Waals surface area contributed by atoms with Crippen LogP contribution in [0.25, 0.3) is 0 Å². The van der Waals surface area contributed by atoms with E-state index in [1.807, 2.05) is 0 Å². The van der Waals surface area contributed by atoms with E-state index in [1.165, 1.54) is 12.1 Å². The predicted octanol–water partition coefficient (Wildman–Crippen LogP) is 1.92. The lowest BCUT2D eigenvalue weighted by Crippen LogP contribution is -2.34. The highest BCUT2D eigenvalue weighted by Gasteiger charge is 2.41. The van der Waals surface area contributed by atoms with Gasteiger partial charge in [0.25, 0.3) is 11.8 Å². The van der Waals surface area contributed by atoms with Gasteiger partial charge in [0.1, 0.15) is 18.3 Å². The summed E-state index contributed by atoms with van der Waals surface area (Å²) in [5, 5.41) is 0.522. The van der Waals surface area contributed by atoms with Crippen molar-refractivity contribution in [3.63, 3.8) is 0 Å². The Hall–Kier alpha value is -3.15. The summed E-state index contributed by atoms with van der Waals surface area (Å²) in [4.78, 5) is 41.8. The van der Waals surface area contributed by atoms with E-state index in [0.29, 0.717) is 16.4 Å². The number of hydrogen-bond donors (Lipinski definition) is 0. The summed E-state index contributed by atoms with van der Waals surface area (Å²) in [6.07, 6.45) is 0. The summed E-state index contributed by atoms with van der Waals surface area (Å²) in [5.41, 5.74) is 1.15. The van der Waals surface area contributed by atoms with Crippen LogP contribution in [0.4, 0.5) is 0 Å². The molecule has 114 valence electrons. The van der Waals surface area contributed by atoms with Gasteiger partial charge >= 0.3 is 5.97 Å². The molecule has 0 spiro atoms. The molecule has 6 nitrogen and oxygen atoms in total. The summed E-state index contributed by atoms with van der Waals surface area (Å²) >= 11 is 0. The number of fused-ring (bicyclic) bond motifs is 2. The average Bonchev–Trinajstić information content (AvgIpc) is 3.11. The maximum atomic E-state index is 12.4. The fourth-order valence-electron chi connectivity index (χ4n) is 2.76. The number of ether oxygens (including phenoxy) is 1. The molecule has 6 heteroatoms. The van der Waals surface area contributed by atoms with Crippen molar-refractivity contribution in [3.8, 4) is 5.75 Å². The summed E-state index contributed by atoms with van der Waals surface area (Å²) in [6, 6.07) is 13.5. The molecule has 1 atom stereocenters. The maximum absolute atomic E-state index is 12.4. The molecule has 0 radical (unpaired) electrons. The van der Waals surface area contributed by atoms with Gasteiger partial charge in [-0.1, -0.05) is 35.4 Å². The van der Waals surface area contributed by atoms with Crippen LogP contribution < -0.4 is 4.74 Å². The lowest BCUT2D eigenvalue weighted by atomic mass is 10.0. The van der Waals surface area contributed by atoms with Crippen LogP contribution in [0, 0.1) is 0 Å². The zero-order valence-electron chi connectivity index (χ0n) is 11.9. The van der Waals surface area contributed by atoms with Crippen molar-refractivity contribution in [1.29, 1.82) is 0 Å². The van der Waals surface area contributed by atoms with Gasteiger partial charge in [0.05, 0.1) is 11.1 Å². The van der Waals surface area contributed by atoms with E-state index in [4.69, 9.17) is 9.57 Å². The van der Waals surface area contributed by atoms with Crippen LogP contribution in [0.3, 0.4) is 0 Å². The van der Waals surface area contributed by atoms with Gasteiger partial charge in [-0.05, 0) is 18.2 Å². The largest absolute Gasteiger partial charge is 0.492 e. The van der Waals surface area contributed by atoms with Gasteiger partial charge in [-0.25, -0.2) is 4.79 Å². The van der Waals surface area contributed by atoms with E-state index >= 15 is 0 Å². The van der Waals surface area contributed by atoms with E-state index in [2.05, 4.69) is 0 Å². The second kappa shape index (κ2) is 4.95. The van der Waals surface area contributed by atoms with Crippen molar-refractivity contribution >= 4 is 17.8 Å². The summed E-state index contributed by atoms with van der Waals surface area (Å²) in [5.74, 6) is -2.01. The fraction of sp³-hybridized carbons (Fsp3) is 0.118. The molecule has 0 fully saturated rings. The Kier molecular flexibility index (Phi) is 2.90. The zero-order valence-corrected chi connectivity index (χ0v) is 11.9. The first-order valence-electron chi connectivity index (χ1n) is 7.08. The van der Waals surface area contributed by atoms with E-state index in [9.17, 15) is 14.4 Å². The second-order valence-corrected chi connectivity index (χ2v) is 5.26. The number of hydrogen-bond acceptors (Lipinski definition) is 5. The minimum atomic E-state index is -0.690. The Bertz CT molecular complexity index is 809. The first-order chi connectivity index (χ1) is 11.2. The van der Waals surface area contributed by atoms with Gasteiger partial charge in [0, 0.05) is 5.56 Å². The van der Waals surface area contributed by atoms with Crippen LogP contribution in [0.1, 0.15) is 32.2 Å². The van der Waals surface area contributed by atoms with E-state index in [-0.39, 0.29) is 17.7 Å². The van der Waals surface area contributed by atoms with Crippen LogP contribution in [-0.4, -0.2) is 29.5 Å². The molecule has 2 aliphatic heterocycles. The van der Waals surface area contributed by atoms with Gasteiger partial charge in [-0.15, -0.1) is 0 Å². The lowest BCUT2D eigenvalue weighted by Gasteiger charge is -2.15. The molecule has 23 heavy (non-hydrogen) atoms. The summed E-state index contributed by atoms with van der Waals surface area (Å²) in [6.45, 7) is 0.126. The third-order valence-corrected chi connectivity index (χ3v) is 3.92. The van der Waals surface area contributed by atoms with Crippen LogP contribution in [0.5, 0.6) is 5.75 Å². The number of amides is 2. The van der Waals surface area contributed by atoms with E-state index < -0.39 is 23.7 Å². The van der Waals surface area contributed by atoms with Crippen molar-refractivity contribution in [2.24, 2.45) is 0 Å². The monoisotopic (exact) mass is 309 g/mol. The van der Waals surface area contributed by atoms with Crippen molar-refractivity contribution < 1.29 is 24.0 Å². The van der Waals surface area contributed by atoms with Crippen molar-refractivity contribution in [2.45, 2.75) is 5.92 Å². The van der Waals surface area contributed by atoms with Gasteiger partial charge in [-0.2, -0.15) is 0 Å². The predicted molar refractivity (Wildman–Crippen MR) is 77.7 cm³/mol. The highest BCUT2D eigenvalue weighted by atomic mass is 16.7. The Balaban J connectivity index is 1.57. The number of imide groups is 1. The zero-order chi connectivity index (χ0) is 16.0. The molecule has 1 unspecified atom stereocenters. The van der Waals surface area contributed by atoms with Crippen LogP contribution in [0.15, 0.2) is 48.5 Å². The summed E-state index contributed by atoms with van der Waals surface area (Å²) < 4.78 is 5.42. The number of nitrogens with zero attached hydrogens (tertiary/aromatic N) is 1. The molecule has 0 saturated heterocycles. The molecule has 0 aliphatic carbocycles. The van der Waals surface area contributed by atoms with E-state index in [0.717, 1.165) is 0 Å². The SMILES string of the molecule is O=C(ON1C(=O)c2ccccc2C1=O)C1COc2ccccc21. The summed E-state index contributed by atoms with van der Waals surface area (Å²) in [7, 11) is 0. The maximum Gasteiger partial charge on any atom is 0.344 e. The molecule has 2 aromatic carbocycles. The second-order valence-electron chi connectivity index (χ2n) is 5.26. The van der Waals surface area contributed by atoms with Gasteiger partial charge in [0.2, 0.25) is 0 Å². The minimum absolute atomic E-state index is 0.126. The highest BCUT2D eigenvalue weighted by Crippen LogP contribution is 2.35. The number of rotatable bonds is 2.